The quantitative estimate of drug-likeness (QED) is 0.0756. The van der Waals surface area contributed by atoms with Gasteiger partial charge < -0.3 is 19.2 Å². The number of halogens is 1. The SMILES string of the molecule is C=CCC[C@@H](C[C@@H](C)O[Si](c1ccccc1)(c1ccccc1)C(C)(C)C)S(=O)(=O)NC(=O)c1ccc2c(c1)N(C[C@@H]1CC[C@H]1C(O)/C=C/CCC)CCCCc1cc(Cl)ccc1CO2. The molecule has 0 aromatic heterocycles. The summed E-state index contributed by atoms with van der Waals surface area (Å²) < 4.78 is 45.3. The van der Waals surface area contributed by atoms with E-state index in [2.05, 4.69) is 74.2 Å². The molecule has 1 heterocycles. The number of nitrogens with zero attached hydrogens (tertiary/aromatic N) is 1. The van der Waals surface area contributed by atoms with Crippen LogP contribution in [0.15, 0.2) is 122 Å². The van der Waals surface area contributed by atoms with Gasteiger partial charge in [0.15, 0.2) is 0 Å². The average molecular weight is 926 g/mol. The summed E-state index contributed by atoms with van der Waals surface area (Å²) >= 11 is 6.42. The average Bonchev–Trinajstić information content (AvgIpc) is 3.29. The number of aliphatic hydroxyl groups is 1. The molecule has 1 fully saturated rings. The van der Waals surface area contributed by atoms with Crippen LogP contribution in [0.3, 0.4) is 0 Å². The smallest absolute Gasteiger partial charge is 0.264 e. The molecule has 2 N–H and O–H groups in total. The van der Waals surface area contributed by atoms with Crippen molar-refractivity contribution in [2.45, 2.75) is 128 Å². The van der Waals surface area contributed by atoms with Gasteiger partial charge in [0.2, 0.25) is 10.0 Å². The number of aryl methyl sites for hydroxylation is 1. The lowest BCUT2D eigenvalue weighted by Gasteiger charge is -2.45. The lowest BCUT2D eigenvalue weighted by molar-refractivity contribution is 0.0461. The van der Waals surface area contributed by atoms with Crippen molar-refractivity contribution in [2.24, 2.45) is 11.8 Å². The van der Waals surface area contributed by atoms with Crippen LogP contribution in [-0.2, 0) is 27.5 Å². The molecule has 0 spiro atoms. The van der Waals surface area contributed by atoms with Gasteiger partial charge in [-0.1, -0.05) is 131 Å². The summed E-state index contributed by atoms with van der Waals surface area (Å²) in [7, 11) is -7.19. The van der Waals surface area contributed by atoms with Crippen LogP contribution in [0.2, 0.25) is 10.1 Å². The van der Waals surface area contributed by atoms with Crippen LogP contribution in [0.1, 0.15) is 114 Å². The number of rotatable bonds is 18. The predicted octanol–water partition coefficient (Wildman–Crippen LogP) is 10.6. The fourth-order valence-electron chi connectivity index (χ4n) is 9.57. The zero-order valence-electron chi connectivity index (χ0n) is 38.5. The van der Waals surface area contributed by atoms with Crippen LogP contribution in [0.5, 0.6) is 5.75 Å². The molecule has 4 aromatic carbocycles. The lowest BCUT2D eigenvalue weighted by Crippen LogP contribution is -2.67. The van der Waals surface area contributed by atoms with E-state index in [1.807, 2.05) is 67.6 Å². The molecule has 1 aliphatic carbocycles. The highest BCUT2D eigenvalue weighted by Crippen LogP contribution is 2.41. The Labute approximate surface area is 389 Å². The zero-order valence-corrected chi connectivity index (χ0v) is 41.1. The Bertz CT molecular complexity index is 2260. The number of anilines is 1. The number of unbranched alkanes of at least 4 members (excludes halogenated alkanes) is 1. The van der Waals surface area contributed by atoms with Gasteiger partial charge in [0.1, 0.15) is 12.4 Å². The summed E-state index contributed by atoms with van der Waals surface area (Å²) in [5.41, 5.74) is 3.17. The van der Waals surface area contributed by atoms with E-state index >= 15 is 0 Å². The van der Waals surface area contributed by atoms with E-state index in [0.717, 1.165) is 72.1 Å². The molecule has 5 atom stereocenters. The van der Waals surface area contributed by atoms with Gasteiger partial charge in [-0.05, 0) is 133 Å². The fourth-order valence-corrected chi connectivity index (χ4v) is 16.0. The number of allylic oxidation sites excluding steroid dienone is 2. The highest BCUT2D eigenvalue weighted by atomic mass is 35.5. The van der Waals surface area contributed by atoms with Crippen LogP contribution in [0, 0.1) is 11.8 Å². The first-order valence-corrected chi connectivity index (χ1v) is 27.1. The predicted molar refractivity (Wildman–Crippen MR) is 266 cm³/mol. The molecule has 11 heteroatoms. The summed E-state index contributed by atoms with van der Waals surface area (Å²) in [6.45, 7) is 16.3. The van der Waals surface area contributed by atoms with Crippen LogP contribution < -0.4 is 24.7 Å². The van der Waals surface area contributed by atoms with Gasteiger partial charge in [-0.2, -0.15) is 0 Å². The number of carbonyl (C=O) groups excluding carboxylic acids is 1. The number of benzene rings is 4. The minimum Gasteiger partial charge on any atom is -0.487 e. The van der Waals surface area contributed by atoms with Gasteiger partial charge in [-0.3, -0.25) is 4.79 Å². The molecule has 344 valence electrons. The van der Waals surface area contributed by atoms with Gasteiger partial charge in [0.25, 0.3) is 14.2 Å². The topological polar surface area (TPSA) is 105 Å². The molecule has 1 saturated carbocycles. The number of aliphatic hydroxyl groups excluding tert-OH is 1. The second kappa shape index (κ2) is 22.3. The number of nitrogens with one attached hydrogen (secondary N) is 1. The first kappa shape index (κ1) is 49.2. The van der Waals surface area contributed by atoms with E-state index in [-0.39, 0.29) is 35.3 Å². The van der Waals surface area contributed by atoms with Crippen molar-refractivity contribution in [1.82, 2.24) is 4.72 Å². The van der Waals surface area contributed by atoms with Gasteiger partial charge in [0, 0.05) is 29.8 Å². The number of ether oxygens (including phenoxy) is 1. The van der Waals surface area contributed by atoms with Crippen molar-refractivity contribution in [1.29, 1.82) is 0 Å². The monoisotopic (exact) mass is 924 g/mol. The second-order valence-electron chi connectivity index (χ2n) is 18.8. The third kappa shape index (κ3) is 12.0. The minimum absolute atomic E-state index is 0.133. The zero-order chi connectivity index (χ0) is 45.9. The Morgan fingerprint density at radius 2 is 1.69 bits per heavy atom. The highest BCUT2D eigenvalue weighted by molar-refractivity contribution is 7.90. The van der Waals surface area contributed by atoms with Crippen molar-refractivity contribution < 1.29 is 27.5 Å². The van der Waals surface area contributed by atoms with Crippen molar-refractivity contribution in [3.05, 3.63) is 144 Å². The number of hydrogen-bond donors (Lipinski definition) is 2. The summed E-state index contributed by atoms with van der Waals surface area (Å²) in [6, 6.07) is 31.7. The van der Waals surface area contributed by atoms with Gasteiger partial charge in [-0.25, -0.2) is 13.1 Å². The molecule has 0 saturated heterocycles. The first-order chi connectivity index (χ1) is 30.7. The summed E-state index contributed by atoms with van der Waals surface area (Å²) in [5.74, 6) is 0.291. The number of hydrogen-bond acceptors (Lipinski definition) is 7. The molecular formula is C53H69ClN2O6SSi. The van der Waals surface area contributed by atoms with E-state index in [9.17, 15) is 18.3 Å². The maximum Gasteiger partial charge on any atom is 0.264 e. The standard InChI is InChI=1S/C53H69ClN2O6SSi/c1-7-9-13-26-50(57)48-31-28-42(48)37-56-33-19-18-20-40-35-44(54)30-27-43(40)38-61-51-32-29-41(36-49(51)56)52(58)55-63(59,60)45(21-10-8-2)34-39(3)62-64(53(4,5)6,46-22-14-11-15-23-46)47-24-16-12-17-25-47/h8,11-17,22-27,29-30,32,35-36,39,42,45,48,50,57H,2,7,9-10,18-21,28,31,33-34,37-38H2,1,3-6H3,(H,55,58)/b26-13+/t39-,42+,45+,48-,50?/m1/s1. The molecule has 2 aliphatic rings. The Morgan fingerprint density at radius 3 is 2.31 bits per heavy atom. The fraction of sp³-hybridized carbons (Fsp3) is 0.453. The molecule has 0 bridgehead atoms. The largest absolute Gasteiger partial charge is 0.487 e. The Kier molecular flexibility index (Phi) is 17.2. The van der Waals surface area contributed by atoms with Crippen LogP contribution in [-0.4, -0.2) is 58.3 Å². The van der Waals surface area contributed by atoms with Gasteiger partial charge in [0.05, 0.1) is 17.0 Å². The summed E-state index contributed by atoms with van der Waals surface area (Å²) in [6.07, 6.45) is 12.2. The molecule has 1 amide bonds. The molecule has 6 rings (SSSR count). The summed E-state index contributed by atoms with van der Waals surface area (Å²) in [5, 5.41) is 12.8. The van der Waals surface area contributed by atoms with E-state index in [1.165, 1.54) is 0 Å². The molecule has 0 radical (unpaired) electrons. The number of fused-ring (bicyclic) bond motifs is 2. The Morgan fingerprint density at radius 1 is 0.984 bits per heavy atom. The third-order valence-corrected chi connectivity index (χ3v) is 20.3. The Hall–Kier alpha value is -4.19. The number of amides is 1. The number of sulfonamides is 1. The molecule has 1 aliphatic heterocycles. The Balaban J connectivity index is 1.28. The molecule has 1 unspecified atom stereocenters. The van der Waals surface area contributed by atoms with Crippen LogP contribution in [0.4, 0.5) is 5.69 Å². The van der Waals surface area contributed by atoms with E-state index in [1.54, 1.807) is 24.3 Å². The normalized spacial score (nSPS) is 18.6. The summed E-state index contributed by atoms with van der Waals surface area (Å²) in [4.78, 5) is 16.6. The second-order valence-corrected chi connectivity index (χ2v) is 25.4. The maximum absolute atomic E-state index is 14.5. The first-order valence-electron chi connectivity index (χ1n) is 23.3. The van der Waals surface area contributed by atoms with E-state index in [0.29, 0.717) is 36.9 Å². The minimum atomic E-state index is -4.20. The maximum atomic E-state index is 14.5. The van der Waals surface area contributed by atoms with Gasteiger partial charge in [-0.15, -0.1) is 6.58 Å². The van der Waals surface area contributed by atoms with Crippen molar-refractivity contribution in [2.75, 3.05) is 18.0 Å². The lowest BCUT2D eigenvalue weighted by atomic mass is 9.70. The van der Waals surface area contributed by atoms with Crippen molar-refractivity contribution in [3.63, 3.8) is 0 Å². The number of carbonyl (C=O) groups is 1. The van der Waals surface area contributed by atoms with Crippen molar-refractivity contribution in [3.8, 4) is 5.75 Å². The van der Waals surface area contributed by atoms with E-state index in [4.69, 9.17) is 20.8 Å². The molecule has 8 nitrogen and oxygen atoms in total. The van der Waals surface area contributed by atoms with Crippen molar-refractivity contribution >= 4 is 51.9 Å². The third-order valence-electron chi connectivity index (χ3n) is 13.2. The van der Waals surface area contributed by atoms with E-state index < -0.39 is 41.7 Å². The highest BCUT2D eigenvalue weighted by Gasteiger charge is 2.51. The molecule has 4 aromatic rings. The van der Waals surface area contributed by atoms with Gasteiger partial charge >= 0.3 is 0 Å². The van der Waals surface area contributed by atoms with Crippen LogP contribution in [0.25, 0.3) is 0 Å². The van der Waals surface area contributed by atoms with Crippen LogP contribution >= 0.6 is 11.6 Å². The molecule has 64 heavy (non-hydrogen) atoms. The molecular weight excluding hydrogens is 856 g/mol.